The van der Waals surface area contributed by atoms with Crippen molar-refractivity contribution < 1.29 is 14.3 Å². The van der Waals surface area contributed by atoms with Gasteiger partial charge in [0.1, 0.15) is 0 Å². The smallest absolute Gasteiger partial charge is 0.225 e. The lowest BCUT2D eigenvalue weighted by Crippen LogP contribution is -2.48. The van der Waals surface area contributed by atoms with Gasteiger partial charge in [-0.25, -0.2) is 0 Å². The zero-order chi connectivity index (χ0) is 16.3. The summed E-state index contributed by atoms with van der Waals surface area (Å²) in [4.78, 5) is 26.4. The Balaban J connectivity index is 1.82. The van der Waals surface area contributed by atoms with Crippen molar-refractivity contribution in [1.82, 2.24) is 10.2 Å². The number of ether oxygens (including phenoxy) is 1. The molecule has 2 fully saturated rings. The van der Waals surface area contributed by atoms with Crippen molar-refractivity contribution in [2.75, 3.05) is 26.7 Å². The average Bonchev–Trinajstić information content (AvgIpc) is 3.30. The minimum atomic E-state index is -0.0751. The van der Waals surface area contributed by atoms with Crippen LogP contribution in [0.5, 0.6) is 0 Å². The van der Waals surface area contributed by atoms with Gasteiger partial charge in [-0.3, -0.25) is 9.59 Å². The summed E-state index contributed by atoms with van der Waals surface area (Å²) in [5.74, 6) is 0.469. The summed E-state index contributed by atoms with van der Waals surface area (Å²) in [7, 11) is 1.68. The van der Waals surface area contributed by atoms with E-state index in [0.29, 0.717) is 13.1 Å². The number of methoxy groups -OCH3 is 1. The van der Waals surface area contributed by atoms with Crippen molar-refractivity contribution in [3.8, 4) is 0 Å². The first kappa shape index (κ1) is 17.3. The normalized spacial score (nSPS) is 24.0. The molecule has 126 valence electrons. The lowest BCUT2D eigenvalue weighted by atomic mass is 9.88. The first-order valence-electron chi connectivity index (χ1n) is 8.42. The maximum atomic E-state index is 12.4. The van der Waals surface area contributed by atoms with Crippen molar-refractivity contribution in [3.05, 3.63) is 0 Å². The van der Waals surface area contributed by atoms with Gasteiger partial charge in [0.25, 0.3) is 0 Å². The van der Waals surface area contributed by atoms with Gasteiger partial charge in [-0.15, -0.1) is 0 Å². The van der Waals surface area contributed by atoms with E-state index < -0.39 is 0 Å². The molecule has 2 atom stereocenters. The van der Waals surface area contributed by atoms with Crippen LogP contribution in [-0.2, 0) is 14.3 Å². The monoisotopic (exact) mass is 310 g/mol. The van der Waals surface area contributed by atoms with Crippen LogP contribution in [0, 0.1) is 17.3 Å². The fourth-order valence-corrected chi connectivity index (χ4v) is 3.06. The van der Waals surface area contributed by atoms with E-state index in [9.17, 15) is 9.59 Å². The Morgan fingerprint density at radius 3 is 2.45 bits per heavy atom. The molecule has 0 aromatic rings. The van der Waals surface area contributed by atoms with Crippen LogP contribution in [0.1, 0.15) is 46.5 Å². The molecule has 22 heavy (non-hydrogen) atoms. The molecule has 0 bridgehead atoms. The van der Waals surface area contributed by atoms with Gasteiger partial charge >= 0.3 is 0 Å². The molecule has 5 heteroatoms. The van der Waals surface area contributed by atoms with Crippen LogP contribution in [0.4, 0.5) is 0 Å². The number of piperidine rings is 1. The third-order valence-corrected chi connectivity index (χ3v) is 4.74. The minimum absolute atomic E-state index is 0.00996. The first-order chi connectivity index (χ1) is 10.3. The van der Waals surface area contributed by atoms with Crippen molar-refractivity contribution in [1.29, 1.82) is 0 Å². The number of carbonyl (C=O) groups is 2. The molecule has 0 aromatic heterocycles. The Morgan fingerprint density at radius 1 is 1.23 bits per heavy atom. The fraction of sp³-hybridized carbons (Fsp3) is 0.882. The van der Waals surface area contributed by atoms with Gasteiger partial charge in [-0.05, 0) is 31.1 Å². The number of nitrogens with zero attached hydrogens (tertiary/aromatic N) is 1. The lowest BCUT2D eigenvalue weighted by molar-refractivity contribution is -0.137. The first-order valence-corrected chi connectivity index (χ1v) is 8.42. The average molecular weight is 310 g/mol. The standard InChI is InChI=1S/C17H30N2O3/c1-17(2,3)14(22-4)10-18-15(20)13-6-5-9-19(11-13)16(21)12-7-8-12/h12-14H,5-11H2,1-4H3,(H,18,20)/t13-,14-/m0/s1. The molecule has 1 saturated carbocycles. The van der Waals surface area contributed by atoms with Gasteiger partial charge in [-0.1, -0.05) is 20.8 Å². The van der Waals surface area contributed by atoms with Crippen molar-refractivity contribution in [2.45, 2.75) is 52.6 Å². The summed E-state index contributed by atoms with van der Waals surface area (Å²) in [6.07, 6.45) is 3.82. The molecule has 1 saturated heterocycles. The van der Waals surface area contributed by atoms with E-state index >= 15 is 0 Å². The fourth-order valence-electron chi connectivity index (χ4n) is 3.06. The third kappa shape index (κ3) is 4.45. The van der Waals surface area contributed by atoms with Gasteiger partial charge in [0.2, 0.25) is 11.8 Å². The van der Waals surface area contributed by atoms with E-state index in [0.717, 1.165) is 32.2 Å². The third-order valence-electron chi connectivity index (χ3n) is 4.74. The molecular formula is C17H30N2O3. The van der Waals surface area contributed by atoms with E-state index in [1.807, 2.05) is 4.90 Å². The molecule has 1 heterocycles. The quantitative estimate of drug-likeness (QED) is 0.842. The molecular weight excluding hydrogens is 280 g/mol. The molecule has 2 aliphatic rings. The lowest BCUT2D eigenvalue weighted by Gasteiger charge is -2.33. The van der Waals surface area contributed by atoms with Crippen molar-refractivity contribution in [3.63, 3.8) is 0 Å². The number of hydrogen-bond donors (Lipinski definition) is 1. The molecule has 2 rings (SSSR count). The van der Waals surface area contributed by atoms with Crippen LogP contribution in [0.3, 0.4) is 0 Å². The van der Waals surface area contributed by atoms with Gasteiger partial charge in [-0.2, -0.15) is 0 Å². The predicted octanol–water partition coefficient (Wildman–Crippen LogP) is 1.81. The molecule has 0 radical (unpaired) electrons. The molecule has 0 spiro atoms. The summed E-state index contributed by atoms with van der Waals surface area (Å²) in [5.41, 5.74) is -0.0113. The van der Waals surface area contributed by atoms with E-state index in [4.69, 9.17) is 4.74 Å². The Hall–Kier alpha value is -1.10. The van der Waals surface area contributed by atoms with E-state index in [2.05, 4.69) is 26.1 Å². The van der Waals surface area contributed by atoms with Crippen LogP contribution < -0.4 is 5.32 Å². The Kier molecular flexibility index (Phi) is 5.48. The number of rotatable bonds is 5. The maximum absolute atomic E-state index is 12.4. The maximum Gasteiger partial charge on any atom is 0.225 e. The number of nitrogens with one attached hydrogen (secondary N) is 1. The van der Waals surface area contributed by atoms with E-state index in [1.165, 1.54) is 0 Å². The molecule has 1 aliphatic heterocycles. The summed E-state index contributed by atoms with van der Waals surface area (Å²) in [6.45, 7) is 8.21. The molecule has 1 N–H and O–H groups in total. The second-order valence-corrected chi connectivity index (χ2v) is 7.73. The van der Waals surface area contributed by atoms with Crippen LogP contribution in [-0.4, -0.2) is 49.6 Å². The zero-order valence-corrected chi connectivity index (χ0v) is 14.4. The van der Waals surface area contributed by atoms with Crippen molar-refractivity contribution >= 4 is 11.8 Å². The molecule has 2 amide bonds. The summed E-state index contributed by atoms with van der Waals surface area (Å²) >= 11 is 0. The molecule has 1 aliphatic carbocycles. The van der Waals surface area contributed by atoms with Crippen LogP contribution in [0.15, 0.2) is 0 Å². The van der Waals surface area contributed by atoms with Gasteiger partial charge in [0.05, 0.1) is 12.0 Å². The second-order valence-electron chi connectivity index (χ2n) is 7.73. The van der Waals surface area contributed by atoms with Gasteiger partial charge in [0.15, 0.2) is 0 Å². The minimum Gasteiger partial charge on any atom is -0.379 e. The summed E-state index contributed by atoms with van der Waals surface area (Å²) < 4.78 is 5.47. The number of carbonyl (C=O) groups excluding carboxylic acids is 2. The van der Waals surface area contributed by atoms with Gasteiger partial charge < -0.3 is 15.0 Å². The van der Waals surface area contributed by atoms with Crippen molar-refractivity contribution in [2.24, 2.45) is 17.3 Å². The Labute approximate surface area is 133 Å². The largest absolute Gasteiger partial charge is 0.379 e. The summed E-state index contributed by atoms with van der Waals surface area (Å²) in [6, 6.07) is 0. The SMILES string of the molecule is CO[C@@H](CNC(=O)[C@H]1CCCN(C(=O)C2CC2)C1)C(C)(C)C. The Bertz CT molecular complexity index is 413. The number of hydrogen-bond acceptors (Lipinski definition) is 3. The Morgan fingerprint density at radius 2 is 1.91 bits per heavy atom. The van der Waals surface area contributed by atoms with Gasteiger partial charge in [0, 0.05) is 32.7 Å². The highest BCUT2D eigenvalue weighted by Gasteiger charge is 2.37. The highest BCUT2D eigenvalue weighted by molar-refractivity contribution is 5.83. The number of likely N-dealkylation sites (tertiary alicyclic amines) is 1. The van der Waals surface area contributed by atoms with Crippen LogP contribution >= 0.6 is 0 Å². The molecule has 0 aromatic carbocycles. The highest BCUT2D eigenvalue weighted by Crippen LogP contribution is 2.32. The topological polar surface area (TPSA) is 58.6 Å². The van der Waals surface area contributed by atoms with E-state index in [1.54, 1.807) is 7.11 Å². The number of amides is 2. The van der Waals surface area contributed by atoms with Crippen LogP contribution in [0.25, 0.3) is 0 Å². The van der Waals surface area contributed by atoms with E-state index in [-0.39, 0.29) is 35.2 Å². The predicted molar refractivity (Wildman–Crippen MR) is 85.3 cm³/mol. The molecule has 0 unspecified atom stereocenters. The summed E-state index contributed by atoms with van der Waals surface area (Å²) in [5, 5.41) is 3.01. The highest BCUT2D eigenvalue weighted by atomic mass is 16.5. The van der Waals surface area contributed by atoms with Crippen LogP contribution in [0.2, 0.25) is 0 Å². The molecule has 5 nitrogen and oxygen atoms in total. The second kappa shape index (κ2) is 6.99. The zero-order valence-electron chi connectivity index (χ0n) is 14.4.